The number of hydrogen-bond acceptors (Lipinski definition) is 5. The van der Waals surface area contributed by atoms with Gasteiger partial charge in [-0.05, 0) is 73.8 Å². The van der Waals surface area contributed by atoms with Gasteiger partial charge in [0, 0.05) is 18.3 Å². The third-order valence-corrected chi connectivity index (χ3v) is 5.62. The van der Waals surface area contributed by atoms with Crippen LogP contribution in [0.2, 0.25) is 0 Å². The summed E-state index contributed by atoms with van der Waals surface area (Å²) in [7, 11) is 1.79. The Labute approximate surface area is 190 Å². The lowest BCUT2D eigenvalue weighted by atomic mass is 10.0. The van der Waals surface area contributed by atoms with Crippen molar-refractivity contribution in [3.05, 3.63) is 64.8 Å². The highest BCUT2D eigenvalue weighted by molar-refractivity contribution is 7.80. The molecule has 3 aromatic rings. The maximum atomic E-state index is 11.1. The van der Waals surface area contributed by atoms with E-state index >= 15 is 0 Å². The van der Waals surface area contributed by atoms with Crippen molar-refractivity contribution in [2.45, 2.75) is 26.2 Å². The molecule has 1 aliphatic carbocycles. The number of nitrogens with zero attached hydrogens (tertiary/aromatic N) is 3. The summed E-state index contributed by atoms with van der Waals surface area (Å²) in [6.45, 7) is 1.72. The first-order chi connectivity index (χ1) is 15.3. The number of anilines is 1. The second-order valence-corrected chi connectivity index (χ2v) is 8.06. The Morgan fingerprint density at radius 2 is 1.97 bits per heavy atom. The topological polar surface area (TPSA) is 112 Å². The van der Waals surface area contributed by atoms with Crippen LogP contribution in [-0.4, -0.2) is 36.8 Å². The van der Waals surface area contributed by atoms with Crippen LogP contribution in [0.15, 0.2) is 47.6 Å². The van der Waals surface area contributed by atoms with E-state index in [-0.39, 0.29) is 16.4 Å². The number of aromatic carboxylic acids is 1. The molecule has 1 heterocycles. The Kier molecular flexibility index (Phi) is 5.91. The Balaban J connectivity index is 1.50. The maximum absolute atomic E-state index is 11.1. The molecular formula is C23H23N5O3S. The van der Waals surface area contributed by atoms with Crippen LogP contribution < -0.4 is 10.7 Å². The lowest BCUT2D eigenvalue weighted by molar-refractivity contribution is 0.0697. The van der Waals surface area contributed by atoms with Gasteiger partial charge in [-0.3, -0.25) is 10.1 Å². The fraction of sp³-hybridized carbons (Fsp3) is 0.217. The number of fused-ring (bicyclic) bond motifs is 1. The van der Waals surface area contributed by atoms with Crippen LogP contribution in [0.3, 0.4) is 0 Å². The predicted octanol–water partition coefficient (Wildman–Crippen LogP) is 3.69. The van der Waals surface area contributed by atoms with Gasteiger partial charge in [0.15, 0.2) is 16.6 Å². The van der Waals surface area contributed by atoms with Crippen molar-refractivity contribution in [2.24, 2.45) is 12.1 Å². The quantitative estimate of drug-likeness (QED) is 0.267. The van der Waals surface area contributed by atoms with Crippen LogP contribution in [0.5, 0.6) is 5.75 Å². The summed E-state index contributed by atoms with van der Waals surface area (Å²) in [6.07, 6.45) is 3.32. The minimum absolute atomic E-state index is 0.0570. The highest BCUT2D eigenvalue weighted by Crippen LogP contribution is 2.34. The number of carboxylic acids is 1. The molecule has 0 amide bonds. The van der Waals surface area contributed by atoms with Crippen molar-refractivity contribution in [2.75, 3.05) is 5.32 Å². The number of nitrogens with one attached hydrogen (secondary N) is 2. The molecule has 4 N–H and O–H groups in total. The first kappa shape index (κ1) is 21.5. The van der Waals surface area contributed by atoms with Gasteiger partial charge in [0.1, 0.15) is 5.69 Å². The lowest BCUT2D eigenvalue weighted by Crippen LogP contribution is -2.25. The molecule has 0 spiro atoms. The van der Waals surface area contributed by atoms with Gasteiger partial charge in [0.05, 0.1) is 11.3 Å². The van der Waals surface area contributed by atoms with Crippen molar-refractivity contribution in [1.29, 1.82) is 0 Å². The zero-order chi connectivity index (χ0) is 22.8. The van der Waals surface area contributed by atoms with E-state index in [0.717, 1.165) is 24.8 Å². The van der Waals surface area contributed by atoms with Crippen molar-refractivity contribution in [1.82, 2.24) is 15.2 Å². The molecule has 164 valence electrons. The Hall–Kier alpha value is -3.72. The summed E-state index contributed by atoms with van der Waals surface area (Å²) in [5, 5.41) is 31.7. The smallest absolute Gasteiger partial charge is 0.335 e. The van der Waals surface area contributed by atoms with Gasteiger partial charge >= 0.3 is 5.97 Å². The molecule has 0 atom stereocenters. The molecule has 32 heavy (non-hydrogen) atoms. The monoisotopic (exact) mass is 449 g/mol. The van der Waals surface area contributed by atoms with E-state index in [9.17, 15) is 9.90 Å². The minimum Gasteiger partial charge on any atom is -0.504 e. The van der Waals surface area contributed by atoms with Crippen LogP contribution in [0.25, 0.3) is 11.3 Å². The average Bonchev–Trinajstić information content (AvgIpc) is 3.35. The number of thiocarbonyl (C=S) groups is 1. The summed E-state index contributed by atoms with van der Waals surface area (Å²) in [5.74, 6) is -0.965. The molecular weight excluding hydrogens is 426 g/mol. The van der Waals surface area contributed by atoms with E-state index in [1.54, 1.807) is 30.8 Å². The first-order valence-electron chi connectivity index (χ1n) is 10.2. The van der Waals surface area contributed by atoms with E-state index in [4.69, 9.17) is 17.3 Å². The molecule has 2 aromatic carbocycles. The van der Waals surface area contributed by atoms with Gasteiger partial charge < -0.3 is 15.5 Å². The molecule has 0 unspecified atom stereocenters. The Bertz CT molecular complexity index is 1250. The van der Waals surface area contributed by atoms with Crippen molar-refractivity contribution in [3.8, 4) is 17.0 Å². The number of aromatic hydroxyl groups is 1. The standard InChI is InChI=1S/C23H23N5O3S/c1-13(25-26-23(32)24-18-8-4-7-17(12-18)22(30)31)19-21(29)20(28(2)27-19)16-10-9-14-5-3-6-15(14)11-16/h4,7-12,29H,3,5-6H2,1-2H3,(H,30,31)(H2,24,26,32)/b25-13+. The number of benzene rings is 2. The van der Waals surface area contributed by atoms with Gasteiger partial charge in [-0.15, -0.1) is 0 Å². The van der Waals surface area contributed by atoms with Crippen molar-refractivity contribution in [3.63, 3.8) is 0 Å². The first-order valence-corrected chi connectivity index (χ1v) is 10.6. The zero-order valence-electron chi connectivity index (χ0n) is 17.7. The molecule has 1 aromatic heterocycles. The zero-order valence-corrected chi connectivity index (χ0v) is 18.5. The van der Waals surface area contributed by atoms with Crippen LogP contribution in [0.1, 0.15) is 40.5 Å². The second-order valence-electron chi connectivity index (χ2n) is 7.66. The predicted molar refractivity (Wildman–Crippen MR) is 127 cm³/mol. The lowest BCUT2D eigenvalue weighted by Gasteiger charge is -2.08. The number of hydrogen-bond donors (Lipinski definition) is 4. The van der Waals surface area contributed by atoms with Crippen LogP contribution >= 0.6 is 12.2 Å². The SMILES string of the molecule is C/C(=N\NC(=S)Nc1cccc(C(=O)O)c1)c1nn(C)c(-c2ccc3c(c2)CCC3)c1O. The minimum atomic E-state index is -1.02. The number of aromatic nitrogens is 2. The summed E-state index contributed by atoms with van der Waals surface area (Å²) in [5.41, 5.74) is 8.42. The number of rotatable bonds is 5. The van der Waals surface area contributed by atoms with E-state index in [1.807, 2.05) is 6.07 Å². The third-order valence-electron chi connectivity index (χ3n) is 5.43. The molecule has 0 bridgehead atoms. The van der Waals surface area contributed by atoms with Crippen molar-refractivity contribution < 1.29 is 15.0 Å². The summed E-state index contributed by atoms with van der Waals surface area (Å²) >= 11 is 5.23. The van der Waals surface area contributed by atoms with E-state index in [0.29, 0.717) is 22.8 Å². The largest absolute Gasteiger partial charge is 0.504 e. The van der Waals surface area contributed by atoms with E-state index in [2.05, 4.69) is 33.1 Å². The maximum Gasteiger partial charge on any atom is 0.335 e. The average molecular weight is 450 g/mol. The van der Waals surface area contributed by atoms with Crippen molar-refractivity contribution >= 4 is 34.7 Å². The number of carbonyl (C=O) groups is 1. The normalized spacial score (nSPS) is 13.0. The van der Waals surface area contributed by atoms with Gasteiger partial charge in [-0.2, -0.15) is 10.2 Å². The Morgan fingerprint density at radius 3 is 2.75 bits per heavy atom. The molecule has 9 heteroatoms. The molecule has 0 saturated carbocycles. The second kappa shape index (κ2) is 8.80. The molecule has 8 nitrogen and oxygen atoms in total. The van der Waals surface area contributed by atoms with E-state index in [1.165, 1.54) is 23.3 Å². The highest BCUT2D eigenvalue weighted by atomic mass is 32.1. The number of carboxylic acid groups (broad SMARTS) is 1. The van der Waals surface area contributed by atoms with Crippen LogP contribution in [-0.2, 0) is 19.9 Å². The summed E-state index contributed by atoms with van der Waals surface area (Å²) < 4.78 is 1.65. The highest BCUT2D eigenvalue weighted by Gasteiger charge is 2.21. The van der Waals surface area contributed by atoms with Gasteiger partial charge in [0.25, 0.3) is 0 Å². The summed E-state index contributed by atoms with van der Waals surface area (Å²) in [4.78, 5) is 11.1. The fourth-order valence-corrected chi connectivity index (χ4v) is 4.04. The summed E-state index contributed by atoms with van der Waals surface area (Å²) in [6, 6.07) is 12.5. The van der Waals surface area contributed by atoms with Crippen LogP contribution in [0, 0.1) is 0 Å². The van der Waals surface area contributed by atoms with Crippen LogP contribution in [0.4, 0.5) is 5.69 Å². The Morgan fingerprint density at radius 1 is 1.19 bits per heavy atom. The molecule has 0 fully saturated rings. The number of hydrazone groups is 1. The van der Waals surface area contributed by atoms with Gasteiger partial charge in [0.2, 0.25) is 0 Å². The molecule has 0 radical (unpaired) electrons. The van der Waals surface area contributed by atoms with Gasteiger partial charge in [-0.25, -0.2) is 4.79 Å². The fourth-order valence-electron chi connectivity index (χ4n) is 3.88. The number of aryl methyl sites for hydroxylation is 3. The molecule has 0 aliphatic heterocycles. The molecule has 1 aliphatic rings. The third kappa shape index (κ3) is 4.33. The van der Waals surface area contributed by atoms with E-state index < -0.39 is 5.97 Å². The molecule has 0 saturated heterocycles. The molecule has 4 rings (SSSR count). The van der Waals surface area contributed by atoms with Gasteiger partial charge in [-0.1, -0.05) is 18.2 Å².